The molecule has 3 aromatic rings. The van der Waals surface area contributed by atoms with E-state index >= 15 is 0 Å². The second-order valence-corrected chi connectivity index (χ2v) is 7.21. The van der Waals surface area contributed by atoms with Gasteiger partial charge >= 0.3 is 0 Å². The van der Waals surface area contributed by atoms with Crippen molar-refractivity contribution in [2.45, 2.75) is 6.42 Å². The van der Waals surface area contributed by atoms with Crippen LogP contribution in [0.15, 0.2) is 64.3 Å². The summed E-state index contributed by atoms with van der Waals surface area (Å²) in [5.41, 5.74) is 1.75. The standard InChI is InChI=1S/C22H25FN6O2.HI/c1-24-22(28-14-12-27(13-15-28)21(30)20-3-2-16-31-20)25-10-8-18-9-11-29(26-18)19-6-4-17(23)5-7-19;/h2-7,9,11,16H,8,10,12-15H2,1H3,(H,24,25);1H. The Morgan fingerprint density at radius 2 is 1.84 bits per heavy atom. The second-order valence-electron chi connectivity index (χ2n) is 7.21. The Labute approximate surface area is 203 Å². The maximum atomic E-state index is 13.1. The van der Waals surface area contributed by atoms with Gasteiger partial charge in [0.1, 0.15) is 5.82 Å². The van der Waals surface area contributed by atoms with Crippen molar-refractivity contribution in [3.63, 3.8) is 0 Å². The number of hydrogen-bond acceptors (Lipinski definition) is 4. The summed E-state index contributed by atoms with van der Waals surface area (Å²) >= 11 is 0. The van der Waals surface area contributed by atoms with Gasteiger partial charge < -0.3 is 19.5 Å². The van der Waals surface area contributed by atoms with Crippen molar-refractivity contribution in [2.75, 3.05) is 39.8 Å². The normalized spacial score (nSPS) is 14.2. The highest BCUT2D eigenvalue weighted by Gasteiger charge is 2.25. The Bertz CT molecular complexity index is 1030. The van der Waals surface area contributed by atoms with Gasteiger partial charge in [0.05, 0.1) is 17.6 Å². The third kappa shape index (κ3) is 5.67. The van der Waals surface area contributed by atoms with Crippen molar-refractivity contribution in [1.82, 2.24) is 24.9 Å². The summed E-state index contributed by atoms with van der Waals surface area (Å²) in [6.07, 6.45) is 4.11. The highest BCUT2D eigenvalue weighted by molar-refractivity contribution is 14.0. The fourth-order valence-electron chi connectivity index (χ4n) is 3.54. The lowest BCUT2D eigenvalue weighted by Crippen LogP contribution is -2.54. The zero-order chi connectivity index (χ0) is 21.6. The van der Waals surface area contributed by atoms with E-state index in [-0.39, 0.29) is 35.7 Å². The number of aromatic nitrogens is 2. The lowest BCUT2D eigenvalue weighted by atomic mass is 10.3. The zero-order valence-electron chi connectivity index (χ0n) is 17.8. The molecule has 1 N–H and O–H groups in total. The van der Waals surface area contributed by atoms with E-state index in [0.29, 0.717) is 38.5 Å². The number of guanidine groups is 1. The van der Waals surface area contributed by atoms with E-state index in [1.165, 1.54) is 18.4 Å². The first kappa shape index (κ1) is 23.8. The summed E-state index contributed by atoms with van der Waals surface area (Å²) < 4.78 is 20.0. The number of furan rings is 1. The quantitative estimate of drug-likeness (QED) is 0.299. The monoisotopic (exact) mass is 552 g/mol. The number of piperazine rings is 1. The summed E-state index contributed by atoms with van der Waals surface area (Å²) in [5.74, 6) is 0.835. The molecule has 8 nitrogen and oxygen atoms in total. The van der Waals surface area contributed by atoms with E-state index in [9.17, 15) is 9.18 Å². The SMILES string of the molecule is CN=C(NCCc1ccn(-c2ccc(F)cc2)n1)N1CCN(C(=O)c2ccco2)CC1.I. The van der Waals surface area contributed by atoms with Crippen LogP contribution in [0.5, 0.6) is 0 Å². The molecular weight excluding hydrogens is 526 g/mol. The molecular formula is C22H26FIN6O2. The molecule has 2 aromatic heterocycles. The van der Waals surface area contributed by atoms with Gasteiger partial charge in [-0.3, -0.25) is 9.79 Å². The van der Waals surface area contributed by atoms with Crippen molar-refractivity contribution in [2.24, 2.45) is 4.99 Å². The predicted molar refractivity (Wildman–Crippen MR) is 130 cm³/mol. The molecule has 1 aliphatic heterocycles. The smallest absolute Gasteiger partial charge is 0.289 e. The van der Waals surface area contributed by atoms with Gasteiger partial charge in [0.15, 0.2) is 11.7 Å². The number of carbonyl (C=O) groups is 1. The Kier molecular flexibility index (Phi) is 8.26. The molecule has 0 bridgehead atoms. The third-order valence-corrected chi connectivity index (χ3v) is 5.21. The van der Waals surface area contributed by atoms with Crippen molar-refractivity contribution in [3.8, 4) is 5.69 Å². The molecule has 1 aromatic carbocycles. The molecule has 1 amide bonds. The van der Waals surface area contributed by atoms with Crippen LogP contribution in [0.25, 0.3) is 5.69 Å². The van der Waals surface area contributed by atoms with Gasteiger partial charge in [-0.25, -0.2) is 9.07 Å². The van der Waals surface area contributed by atoms with Crippen LogP contribution in [0.3, 0.4) is 0 Å². The fraction of sp³-hybridized carbons (Fsp3) is 0.318. The first-order valence-corrected chi connectivity index (χ1v) is 10.2. The molecule has 1 saturated heterocycles. The number of benzene rings is 1. The Morgan fingerprint density at radius 1 is 1.12 bits per heavy atom. The van der Waals surface area contributed by atoms with Crippen molar-refractivity contribution in [1.29, 1.82) is 0 Å². The summed E-state index contributed by atoms with van der Waals surface area (Å²) in [6, 6.07) is 11.6. The van der Waals surface area contributed by atoms with Crippen LogP contribution < -0.4 is 5.32 Å². The van der Waals surface area contributed by atoms with Crippen LogP contribution in [0.1, 0.15) is 16.2 Å². The molecule has 170 valence electrons. The summed E-state index contributed by atoms with van der Waals surface area (Å²) in [4.78, 5) is 20.7. The van der Waals surface area contributed by atoms with Gasteiger partial charge in [-0.05, 0) is 42.5 Å². The summed E-state index contributed by atoms with van der Waals surface area (Å²) in [7, 11) is 1.76. The fourth-order valence-corrected chi connectivity index (χ4v) is 3.54. The van der Waals surface area contributed by atoms with Crippen molar-refractivity contribution >= 4 is 35.8 Å². The van der Waals surface area contributed by atoms with Crippen molar-refractivity contribution < 1.29 is 13.6 Å². The topological polar surface area (TPSA) is 78.9 Å². The number of amides is 1. The first-order chi connectivity index (χ1) is 15.1. The molecule has 0 aliphatic carbocycles. The van der Waals surface area contributed by atoms with E-state index in [1.54, 1.807) is 40.9 Å². The van der Waals surface area contributed by atoms with E-state index < -0.39 is 0 Å². The van der Waals surface area contributed by atoms with E-state index in [2.05, 4.69) is 20.3 Å². The van der Waals surface area contributed by atoms with Crippen LogP contribution in [-0.2, 0) is 6.42 Å². The maximum Gasteiger partial charge on any atom is 0.289 e. The molecule has 1 aliphatic rings. The lowest BCUT2D eigenvalue weighted by Gasteiger charge is -2.36. The summed E-state index contributed by atoms with van der Waals surface area (Å²) in [5, 5.41) is 7.92. The number of aliphatic imine (C=N–C) groups is 1. The Balaban J connectivity index is 0.00000289. The number of nitrogens with one attached hydrogen (secondary N) is 1. The van der Waals surface area contributed by atoms with Crippen LogP contribution in [-0.4, -0.2) is 71.2 Å². The average Bonchev–Trinajstić information content (AvgIpc) is 3.50. The third-order valence-electron chi connectivity index (χ3n) is 5.21. The molecule has 4 rings (SSSR count). The lowest BCUT2D eigenvalue weighted by molar-refractivity contribution is 0.0658. The minimum Gasteiger partial charge on any atom is -0.459 e. The van der Waals surface area contributed by atoms with Gasteiger partial charge in [-0.2, -0.15) is 5.10 Å². The van der Waals surface area contributed by atoms with Crippen LogP contribution in [0, 0.1) is 5.82 Å². The van der Waals surface area contributed by atoms with Crippen LogP contribution >= 0.6 is 24.0 Å². The molecule has 0 unspecified atom stereocenters. The van der Waals surface area contributed by atoms with E-state index in [1.807, 2.05) is 12.3 Å². The molecule has 0 spiro atoms. The molecule has 3 heterocycles. The Hall–Kier alpha value is -2.89. The Morgan fingerprint density at radius 3 is 2.50 bits per heavy atom. The first-order valence-electron chi connectivity index (χ1n) is 10.2. The van der Waals surface area contributed by atoms with Gasteiger partial charge in [-0.1, -0.05) is 0 Å². The minimum absolute atomic E-state index is 0. The zero-order valence-corrected chi connectivity index (χ0v) is 20.1. The van der Waals surface area contributed by atoms with Gasteiger partial charge in [-0.15, -0.1) is 24.0 Å². The van der Waals surface area contributed by atoms with Crippen molar-refractivity contribution in [3.05, 3.63) is 72.2 Å². The number of rotatable bonds is 5. The largest absolute Gasteiger partial charge is 0.459 e. The molecule has 10 heteroatoms. The molecule has 0 atom stereocenters. The number of hydrogen-bond donors (Lipinski definition) is 1. The second kappa shape index (κ2) is 11.1. The van der Waals surface area contributed by atoms with E-state index in [0.717, 1.165) is 23.8 Å². The molecule has 0 radical (unpaired) electrons. The highest BCUT2D eigenvalue weighted by atomic mass is 127. The number of nitrogens with zero attached hydrogens (tertiary/aromatic N) is 5. The predicted octanol–water partition coefficient (Wildman–Crippen LogP) is 2.80. The van der Waals surface area contributed by atoms with E-state index in [4.69, 9.17) is 4.42 Å². The summed E-state index contributed by atoms with van der Waals surface area (Å²) in [6.45, 7) is 3.31. The van der Waals surface area contributed by atoms with Gasteiger partial charge in [0.25, 0.3) is 5.91 Å². The number of carbonyl (C=O) groups excluding carboxylic acids is 1. The number of halogens is 2. The highest BCUT2D eigenvalue weighted by Crippen LogP contribution is 2.11. The maximum absolute atomic E-state index is 13.1. The van der Waals surface area contributed by atoms with Crippen LogP contribution in [0.4, 0.5) is 4.39 Å². The molecule has 0 saturated carbocycles. The van der Waals surface area contributed by atoms with Gasteiger partial charge in [0.2, 0.25) is 0 Å². The molecule has 32 heavy (non-hydrogen) atoms. The van der Waals surface area contributed by atoms with Gasteiger partial charge in [0, 0.05) is 52.4 Å². The van der Waals surface area contributed by atoms with Crippen LogP contribution in [0.2, 0.25) is 0 Å². The minimum atomic E-state index is -0.266. The average molecular weight is 552 g/mol. The molecule has 1 fully saturated rings.